The van der Waals surface area contributed by atoms with Gasteiger partial charge in [-0.2, -0.15) is 21.1 Å². The van der Waals surface area contributed by atoms with Crippen molar-refractivity contribution in [2.45, 2.75) is 43.7 Å². The third kappa shape index (κ3) is 14.3. The minimum Gasteiger partial charge on any atom is -0.485 e. The van der Waals surface area contributed by atoms with Crippen LogP contribution >= 0.6 is 23.2 Å². The lowest BCUT2D eigenvalue weighted by Gasteiger charge is -2.24. The van der Waals surface area contributed by atoms with Crippen LogP contribution in [0.15, 0.2) is 70.5 Å². The van der Waals surface area contributed by atoms with Crippen LogP contribution in [0.1, 0.15) is 46.4 Å². The van der Waals surface area contributed by atoms with Crippen molar-refractivity contribution < 1.29 is 48.7 Å². The van der Waals surface area contributed by atoms with Crippen molar-refractivity contribution in [1.29, 1.82) is 5.41 Å². The van der Waals surface area contributed by atoms with E-state index in [1.807, 2.05) is 0 Å². The molecule has 2 aromatic carbocycles. The Morgan fingerprint density at radius 2 is 1.55 bits per heavy atom. The Balaban J connectivity index is 0.000000803. The summed E-state index contributed by atoms with van der Waals surface area (Å²) in [5.41, 5.74) is 7.08. The Kier molecular flexibility index (Phi) is 16.7. The molecule has 0 saturated carbocycles. The summed E-state index contributed by atoms with van der Waals surface area (Å²) in [5, 5.41) is 13.0. The first kappa shape index (κ1) is 47.7. The molecule has 316 valence electrons. The minimum atomic E-state index is -4.23. The van der Waals surface area contributed by atoms with E-state index < -0.39 is 42.2 Å². The molecule has 2 aromatic heterocycles. The number of fused-ring (bicyclic) bond motifs is 1. The molecule has 24 heteroatoms. The van der Waals surface area contributed by atoms with Crippen LogP contribution in [0.5, 0.6) is 5.75 Å². The molecular formula is C34H41Cl2N7O12S3. The van der Waals surface area contributed by atoms with E-state index >= 15 is 0 Å². The number of carbonyl (C=O) groups excluding carboxylic acids is 2. The van der Waals surface area contributed by atoms with Crippen molar-refractivity contribution in [3.05, 3.63) is 104 Å². The van der Waals surface area contributed by atoms with Gasteiger partial charge in [0.05, 0.1) is 17.5 Å². The molecule has 1 saturated heterocycles. The van der Waals surface area contributed by atoms with Crippen LogP contribution in [0.4, 0.5) is 0 Å². The molecule has 58 heavy (non-hydrogen) atoms. The first-order valence-corrected chi connectivity index (χ1v) is 22.7. The number of carbonyl (C=O) groups is 2. The second-order valence-corrected chi connectivity index (χ2v) is 18.1. The molecule has 1 fully saturated rings. The lowest BCUT2D eigenvalue weighted by molar-refractivity contribution is -0.124. The maximum atomic E-state index is 13.9. The van der Waals surface area contributed by atoms with Crippen molar-refractivity contribution >= 4 is 76.8 Å². The van der Waals surface area contributed by atoms with E-state index in [9.17, 15) is 39.6 Å². The maximum absolute atomic E-state index is 13.9. The average molecular weight is 907 g/mol. The number of aromatic nitrogens is 2. The van der Waals surface area contributed by atoms with Gasteiger partial charge < -0.3 is 21.1 Å². The number of rotatable bonds is 12. The molecule has 4 aromatic rings. The lowest BCUT2D eigenvalue weighted by atomic mass is 10.1. The molecule has 0 spiro atoms. The largest absolute Gasteiger partial charge is 0.485 e. The first-order valence-electron chi connectivity index (χ1n) is 16.8. The zero-order valence-corrected chi connectivity index (χ0v) is 35.1. The molecule has 0 aliphatic carbocycles. The molecule has 1 aliphatic heterocycles. The van der Waals surface area contributed by atoms with Gasteiger partial charge in [-0.1, -0.05) is 35.3 Å². The molecule has 7 N–H and O–H groups in total. The summed E-state index contributed by atoms with van der Waals surface area (Å²) in [6.07, 6.45) is 4.20. The second kappa shape index (κ2) is 20.3. The summed E-state index contributed by atoms with van der Waals surface area (Å²) >= 11 is 13.1. The third-order valence-corrected chi connectivity index (χ3v) is 10.6. The van der Waals surface area contributed by atoms with E-state index in [1.165, 1.54) is 22.6 Å². The molecule has 3 heterocycles. The molecule has 1 aliphatic rings. The highest BCUT2D eigenvalue weighted by Crippen LogP contribution is 2.36. The smallest absolute Gasteiger partial charge is 0.261 e. The molecular weight excluding hydrogens is 866 g/mol. The number of nitrogens with two attached hydrogens (primary N) is 1. The Hall–Kier alpha value is -4.68. The fraction of sp³-hybridized carbons (Fsp3) is 0.324. The molecule has 5 rings (SSSR count). The van der Waals surface area contributed by atoms with Crippen LogP contribution in [0.2, 0.25) is 10.0 Å². The van der Waals surface area contributed by atoms with Gasteiger partial charge >= 0.3 is 0 Å². The van der Waals surface area contributed by atoms with Gasteiger partial charge in [0, 0.05) is 59.3 Å². The summed E-state index contributed by atoms with van der Waals surface area (Å²) in [6.45, 7) is 2.09. The van der Waals surface area contributed by atoms with Crippen molar-refractivity contribution in [3.8, 4) is 5.75 Å². The monoisotopic (exact) mass is 905 g/mol. The lowest BCUT2D eigenvalue weighted by Crippen LogP contribution is -2.46. The third-order valence-electron chi connectivity index (χ3n) is 7.80. The number of hydrogen-bond donors (Lipinski definition) is 6. The maximum Gasteiger partial charge on any atom is 0.261 e. The van der Waals surface area contributed by atoms with Gasteiger partial charge in [0.2, 0.25) is 15.9 Å². The number of benzene rings is 2. The average Bonchev–Trinajstić information content (AvgIpc) is 3.61. The number of amidine groups is 1. The van der Waals surface area contributed by atoms with E-state index in [4.69, 9.17) is 48.2 Å². The number of amides is 2. The van der Waals surface area contributed by atoms with Gasteiger partial charge in [0.1, 0.15) is 23.4 Å². The zero-order chi connectivity index (χ0) is 43.6. The van der Waals surface area contributed by atoms with Gasteiger partial charge in [-0.3, -0.25) is 33.3 Å². The number of pyridine rings is 1. The van der Waals surface area contributed by atoms with Crippen LogP contribution in [-0.4, -0.2) is 104 Å². The Morgan fingerprint density at radius 3 is 2.16 bits per heavy atom. The zero-order valence-electron chi connectivity index (χ0n) is 31.2. The van der Waals surface area contributed by atoms with Crippen molar-refractivity contribution in [2.75, 3.05) is 32.1 Å². The van der Waals surface area contributed by atoms with Crippen LogP contribution in [0, 0.1) is 12.3 Å². The predicted molar refractivity (Wildman–Crippen MR) is 216 cm³/mol. The second-order valence-electron chi connectivity index (χ2n) is 12.6. The highest BCUT2D eigenvalue weighted by atomic mass is 35.5. The van der Waals surface area contributed by atoms with Gasteiger partial charge in [-0.25, -0.2) is 13.4 Å². The van der Waals surface area contributed by atoms with E-state index in [2.05, 4.69) is 15.6 Å². The highest BCUT2D eigenvalue weighted by molar-refractivity contribution is 7.89. The van der Waals surface area contributed by atoms with Crippen molar-refractivity contribution in [2.24, 2.45) is 5.73 Å². The van der Waals surface area contributed by atoms with Gasteiger partial charge in [0.25, 0.3) is 31.7 Å². The Labute approximate surface area is 344 Å². The summed E-state index contributed by atoms with van der Waals surface area (Å²) in [7, 11) is -11.6. The predicted octanol–water partition coefficient (Wildman–Crippen LogP) is 2.27. The fourth-order valence-electron chi connectivity index (χ4n) is 5.32. The van der Waals surface area contributed by atoms with Crippen LogP contribution in [0.25, 0.3) is 5.65 Å². The minimum absolute atomic E-state index is 0.0940. The normalized spacial score (nSPS) is 14.4. The first-order chi connectivity index (χ1) is 26.9. The van der Waals surface area contributed by atoms with Gasteiger partial charge in [0.15, 0.2) is 11.4 Å². The van der Waals surface area contributed by atoms with E-state index in [1.54, 1.807) is 49.5 Å². The molecule has 2 amide bonds. The number of nitrogen functional groups attached to an aromatic ring is 1. The van der Waals surface area contributed by atoms with Crippen LogP contribution in [-0.2, 0) is 41.7 Å². The van der Waals surface area contributed by atoms with Gasteiger partial charge in [-0.15, -0.1) is 0 Å². The summed E-state index contributed by atoms with van der Waals surface area (Å²) in [6, 6.07) is 12.7. The Morgan fingerprint density at radius 1 is 0.966 bits per heavy atom. The van der Waals surface area contributed by atoms with Crippen molar-refractivity contribution in [3.63, 3.8) is 0 Å². The SMILES string of the molecule is CS(=O)(=O)O.CS(=O)(=O)O.Cc1cc(=O)n2cccc(OCc3c(Cl)ccc(S(=O)(=O)N4CCC[C@H]4C(=O)NCCCNC(=O)c4ccc(C(=N)N)cc4)c3Cl)c2n1. The number of nitrogens with one attached hydrogen (secondary N) is 3. The topological polar surface area (TPSA) is 298 Å². The molecule has 0 radical (unpaired) electrons. The quantitative estimate of drug-likeness (QED) is 0.0515. The fourth-order valence-corrected chi connectivity index (χ4v) is 7.84. The van der Waals surface area contributed by atoms with E-state index in [-0.39, 0.29) is 75.4 Å². The number of aryl methyl sites for hydroxylation is 1. The highest BCUT2D eigenvalue weighted by Gasteiger charge is 2.40. The van der Waals surface area contributed by atoms with E-state index in [0.29, 0.717) is 48.6 Å². The van der Waals surface area contributed by atoms with Crippen LogP contribution in [0.3, 0.4) is 0 Å². The van der Waals surface area contributed by atoms with Crippen molar-refractivity contribution in [1.82, 2.24) is 24.3 Å². The van der Waals surface area contributed by atoms with E-state index in [0.717, 1.165) is 4.31 Å². The summed E-state index contributed by atoms with van der Waals surface area (Å²) < 4.78 is 87.9. The number of nitrogens with zero attached hydrogens (tertiary/aromatic N) is 3. The van der Waals surface area contributed by atoms with Crippen LogP contribution < -0.4 is 26.7 Å². The molecule has 0 unspecified atom stereocenters. The number of halogens is 2. The number of ether oxygens (including phenoxy) is 1. The molecule has 19 nitrogen and oxygen atoms in total. The summed E-state index contributed by atoms with van der Waals surface area (Å²) in [4.78, 5) is 42.1. The molecule has 0 bridgehead atoms. The number of sulfonamides is 1. The summed E-state index contributed by atoms with van der Waals surface area (Å²) in [5.74, 6) is -0.584. The molecule has 1 atom stereocenters. The standard InChI is InChI=1S/C32H33Cl2N7O6S.2CH4O3S/c1-19-17-27(42)40-15-3-6-25(30(40)39-19)47-18-22-23(33)11-12-26(28(22)34)48(45,46)41-16-2-5-24(41)32(44)38-14-4-13-37-31(43)21-9-7-20(8-10-21)29(35)36;2*1-5(2,3)4/h3,6-12,15,17,24H,2,4-5,13-14,16,18H2,1H3,(H3,35,36)(H,37,43)(H,38,44);2*1H3,(H,2,3,4)/t24-;;/m0../s1. The number of hydrogen-bond acceptors (Lipinski definition) is 12. The van der Waals surface area contributed by atoms with Gasteiger partial charge in [-0.05, 0) is 62.6 Å². The Bertz CT molecular complexity index is 2510.